The zero-order valence-corrected chi connectivity index (χ0v) is 6.01. The van der Waals surface area contributed by atoms with Gasteiger partial charge in [0.1, 0.15) is 0 Å². The molecule has 1 N–H and O–H groups in total. The van der Waals surface area contributed by atoms with Gasteiger partial charge in [0.25, 0.3) is 0 Å². The molecule has 2 heteroatoms. The number of hydrogen-bond donors (Lipinski definition) is 1. The van der Waals surface area contributed by atoms with Crippen molar-refractivity contribution in [2.24, 2.45) is 5.92 Å². The summed E-state index contributed by atoms with van der Waals surface area (Å²) in [6.45, 7) is 5.44. The lowest BCUT2D eigenvalue weighted by Gasteiger charge is -1.97. The van der Waals surface area contributed by atoms with Gasteiger partial charge in [-0.3, -0.25) is 4.79 Å². The molecule has 0 aromatic rings. The second-order valence-electron chi connectivity index (χ2n) is 2.37. The van der Waals surface area contributed by atoms with Crippen molar-refractivity contribution in [3.05, 3.63) is 11.6 Å². The lowest BCUT2D eigenvalue weighted by molar-refractivity contribution is -0.139. The largest absolute Gasteiger partial charge is 0.481 e. The Bertz CT molecular complexity index is 132. The molecule has 0 saturated carbocycles. The van der Waals surface area contributed by atoms with Crippen LogP contribution in [0.1, 0.15) is 20.8 Å². The predicted octanol–water partition coefficient (Wildman–Crippen LogP) is 1.67. The van der Waals surface area contributed by atoms with Crippen LogP contribution in [0.15, 0.2) is 11.6 Å². The van der Waals surface area contributed by atoms with Crippen molar-refractivity contribution in [1.29, 1.82) is 0 Å². The van der Waals surface area contributed by atoms with Crippen molar-refractivity contribution < 1.29 is 9.90 Å². The first-order valence-electron chi connectivity index (χ1n) is 2.92. The van der Waals surface area contributed by atoms with Gasteiger partial charge >= 0.3 is 5.97 Å². The van der Waals surface area contributed by atoms with Crippen molar-refractivity contribution in [1.82, 2.24) is 0 Å². The molecule has 52 valence electrons. The molecule has 0 bridgehead atoms. The monoisotopic (exact) mass is 128 g/mol. The molecule has 0 fully saturated rings. The van der Waals surface area contributed by atoms with E-state index in [1.54, 1.807) is 13.0 Å². The van der Waals surface area contributed by atoms with Gasteiger partial charge < -0.3 is 5.11 Å². The van der Waals surface area contributed by atoms with Crippen LogP contribution >= 0.6 is 0 Å². The fraction of sp³-hybridized carbons (Fsp3) is 0.571. The maximum atomic E-state index is 10.2. The summed E-state index contributed by atoms with van der Waals surface area (Å²) >= 11 is 0. The Morgan fingerprint density at radius 1 is 1.56 bits per heavy atom. The smallest absolute Gasteiger partial charge is 0.310 e. The third-order valence-electron chi connectivity index (χ3n) is 0.973. The SMILES string of the molecule is CC(C)=CC(C)C(=O)O. The molecule has 0 aliphatic rings. The molecule has 0 amide bonds. The average Bonchev–Trinajstić information content (AvgIpc) is 1.63. The minimum Gasteiger partial charge on any atom is -0.481 e. The van der Waals surface area contributed by atoms with E-state index in [2.05, 4.69) is 0 Å². The summed E-state index contributed by atoms with van der Waals surface area (Å²) in [6.07, 6.45) is 1.72. The van der Waals surface area contributed by atoms with Gasteiger partial charge in [-0.15, -0.1) is 0 Å². The van der Waals surface area contributed by atoms with E-state index in [4.69, 9.17) is 5.11 Å². The first-order valence-corrected chi connectivity index (χ1v) is 2.92. The van der Waals surface area contributed by atoms with Crippen molar-refractivity contribution in [2.75, 3.05) is 0 Å². The normalized spacial score (nSPS) is 12.3. The Hall–Kier alpha value is -0.790. The van der Waals surface area contributed by atoms with Gasteiger partial charge in [-0.05, 0) is 20.8 Å². The van der Waals surface area contributed by atoms with E-state index in [-0.39, 0.29) is 5.92 Å². The van der Waals surface area contributed by atoms with Crippen LogP contribution in [0.25, 0.3) is 0 Å². The van der Waals surface area contributed by atoms with Crippen LogP contribution in [0.2, 0.25) is 0 Å². The summed E-state index contributed by atoms with van der Waals surface area (Å²) in [5.74, 6) is -1.12. The summed E-state index contributed by atoms with van der Waals surface area (Å²) in [6, 6.07) is 0. The maximum Gasteiger partial charge on any atom is 0.310 e. The molecule has 0 rings (SSSR count). The highest BCUT2D eigenvalue weighted by atomic mass is 16.4. The molecule has 0 heterocycles. The molecule has 0 aromatic carbocycles. The highest BCUT2D eigenvalue weighted by Gasteiger charge is 2.04. The highest BCUT2D eigenvalue weighted by molar-refractivity contribution is 5.71. The Morgan fingerprint density at radius 3 is 2.11 bits per heavy atom. The number of carboxylic acids is 1. The van der Waals surface area contributed by atoms with E-state index in [0.29, 0.717) is 0 Å². The third kappa shape index (κ3) is 3.76. The van der Waals surface area contributed by atoms with Gasteiger partial charge in [0, 0.05) is 0 Å². The molecule has 0 spiro atoms. The quantitative estimate of drug-likeness (QED) is 0.574. The zero-order chi connectivity index (χ0) is 7.44. The molecule has 1 unspecified atom stereocenters. The van der Waals surface area contributed by atoms with Crippen LogP contribution in [0.3, 0.4) is 0 Å². The van der Waals surface area contributed by atoms with Gasteiger partial charge in [-0.2, -0.15) is 0 Å². The molecule has 0 radical (unpaired) electrons. The van der Waals surface area contributed by atoms with E-state index in [0.717, 1.165) is 5.57 Å². The van der Waals surface area contributed by atoms with Crippen molar-refractivity contribution in [2.45, 2.75) is 20.8 Å². The van der Waals surface area contributed by atoms with Crippen LogP contribution < -0.4 is 0 Å². The van der Waals surface area contributed by atoms with Crippen molar-refractivity contribution in [3.63, 3.8) is 0 Å². The van der Waals surface area contributed by atoms with E-state index in [1.807, 2.05) is 13.8 Å². The first-order chi connectivity index (χ1) is 4.04. The Morgan fingerprint density at radius 2 is 2.00 bits per heavy atom. The summed E-state index contributed by atoms with van der Waals surface area (Å²) in [4.78, 5) is 10.2. The Kier molecular flexibility index (Phi) is 2.99. The molecule has 0 aliphatic carbocycles. The lowest BCUT2D eigenvalue weighted by Crippen LogP contribution is -2.05. The Balaban J connectivity index is 3.91. The van der Waals surface area contributed by atoms with Gasteiger partial charge in [0.2, 0.25) is 0 Å². The summed E-state index contributed by atoms with van der Waals surface area (Å²) < 4.78 is 0. The van der Waals surface area contributed by atoms with Crippen molar-refractivity contribution >= 4 is 5.97 Å². The summed E-state index contributed by atoms with van der Waals surface area (Å²) in [5, 5.41) is 8.39. The van der Waals surface area contributed by atoms with E-state index >= 15 is 0 Å². The van der Waals surface area contributed by atoms with Crippen LogP contribution in [-0.4, -0.2) is 11.1 Å². The molecule has 1 atom stereocenters. The number of rotatable bonds is 2. The number of carboxylic acid groups (broad SMARTS) is 1. The molecule has 0 saturated heterocycles. The van der Waals surface area contributed by atoms with E-state index in [1.165, 1.54) is 0 Å². The summed E-state index contributed by atoms with van der Waals surface area (Å²) in [7, 11) is 0. The molecule has 9 heavy (non-hydrogen) atoms. The first kappa shape index (κ1) is 8.21. The van der Waals surface area contributed by atoms with Gasteiger partial charge in [0.05, 0.1) is 5.92 Å². The minimum atomic E-state index is -0.767. The van der Waals surface area contributed by atoms with Gasteiger partial charge in [-0.25, -0.2) is 0 Å². The highest BCUT2D eigenvalue weighted by Crippen LogP contribution is 2.00. The van der Waals surface area contributed by atoms with Crippen LogP contribution in [0.4, 0.5) is 0 Å². The fourth-order valence-corrected chi connectivity index (χ4v) is 0.571. The van der Waals surface area contributed by atoms with Gasteiger partial charge in [0.15, 0.2) is 0 Å². The zero-order valence-electron chi connectivity index (χ0n) is 6.01. The average molecular weight is 128 g/mol. The standard InChI is InChI=1S/C7H12O2/c1-5(2)4-6(3)7(8)9/h4,6H,1-3H3,(H,8,9). The lowest BCUT2D eigenvalue weighted by atomic mass is 10.1. The molecular formula is C7H12O2. The third-order valence-corrected chi connectivity index (χ3v) is 0.973. The predicted molar refractivity (Wildman–Crippen MR) is 36.2 cm³/mol. The number of carbonyl (C=O) groups is 1. The van der Waals surface area contributed by atoms with Crippen LogP contribution in [0, 0.1) is 5.92 Å². The topological polar surface area (TPSA) is 37.3 Å². The number of aliphatic carboxylic acids is 1. The molecular weight excluding hydrogens is 116 g/mol. The second-order valence-corrected chi connectivity index (χ2v) is 2.37. The van der Waals surface area contributed by atoms with E-state index < -0.39 is 5.97 Å². The summed E-state index contributed by atoms with van der Waals surface area (Å²) in [5.41, 5.74) is 1.05. The second kappa shape index (κ2) is 3.28. The molecule has 0 aromatic heterocycles. The van der Waals surface area contributed by atoms with Crippen LogP contribution in [-0.2, 0) is 4.79 Å². The minimum absolute atomic E-state index is 0.352. The van der Waals surface area contributed by atoms with Crippen LogP contribution in [0.5, 0.6) is 0 Å². The number of hydrogen-bond acceptors (Lipinski definition) is 1. The molecule has 2 nitrogen and oxygen atoms in total. The van der Waals surface area contributed by atoms with Gasteiger partial charge in [-0.1, -0.05) is 11.6 Å². The van der Waals surface area contributed by atoms with Crippen molar-refractivity contribution in [3.8, 4) is 0 Å². The maximum absolute atomic E-state index is 10.2. The Labute approximate surface area is 55.2 Å². The van der Waals surface area contributed by atoms with E-state index in [9.17, 15) is 4.79 Å². The molecule has 0 aliphatic heterocycles. The number of allylic oxidation sites excluding steroid dienone is 1. The fourth-order valence-electron chi connectivity index (χ4n) is 0.571.